The van der Waals surface area contributed by atoms with Crippen molar-refractivity contribution in [1.82, 2.24) is 0 Å². The monoisotopic (exact) mass is 395 g/mol. The van der Waals surface area contributed by atoms with Crippen LogP contribution in [0.15, 0.2) is 48.5 Å². The van der Waals surface area contributed by atoms with Crippen molar-refractivity contribution in [3.63, 3.8) is 0 Å². The third-order valence-corrected chi connectivity index (χ3v) is 3.70. The Balaban J connectivity index is 1.94. The molecule has 0 saturated heterocycles. The Labute approximate surface area is 136 Å². The fourth-order valence-electron chi connectivity index (χ4n) is 1.70. The third kappa shape index (κ3) is 4.56. The molecule has 0 aliphatic heterocycles. The number of hydrogen-bond acceptors (Lipinski definition) is 3. The van der Waals surface area contributed by atoms with Gasteiger partial charge in [0.15, 0.2) is 12.4 Å². The van der Waals surface area contributed by atoms with E-state index in [0.717, 1.165) is 9.26 Å². The molecular formula is C16H14INO3. The van der Waals surface area contributed by atoms with Crippen LogP contribution in [0, 0.1) is 3.57 Å². The van der Waals surface area contributed by atoms with E-state index in [-0.39, 0.29) is 18.3 Å². The number of Topliss-reactive ketones (excluding diaryl/α,β-unsaturated/α-hetero) is 1. The summed E-state index contributed by atoms with van der Waals surface area (Å²) in [6.45, 7) is 1.38. The number of nitrogens with one attached hydrogen (secondary N) is 1. The lowest BCUT2D eigenvalue weighted by atomic mass is 10.1. The van der Waals surface area contributed by atoms with E-state index >= 15 is 0 Å². The summed E-state index contributed by atoms with van der Waals surface area (Å²) < 4.78 is 6.36. The Kier molecular flexibility index (Phi) is 5.32. The van der Waals surface area contributed by atoms with Gasteiger partial charge in [-0.3, -0.25) is 9.59 Å². The molecule has 4 nitrogen and oxygen atoms in total. The lowest BCUT2D eigenvalue weighted by Crippen LogP contribution is -2.20. The number of para-hydroxylation sites is 1. The first kappa shape index (κ1) is 15.5. The number of amides is 1. The molecule has 0 aliphatic carbocycles. The molecule has 1 N–H and O–H groups in total. The normalized spacial score (nSPS) is 10.0. The van der Waals surface area contributed by atoms with Crippen LogP contribution in [0.5, 0.6) is 5.75 Å². The Morgan fingerprint density at radius 2 is 1.90 bits per heavy atom. The zero-order valence-corrected chi connectivity index (χ0v) is 13.6. The number of rotatable bonds is 5. The van der Waals surface area contributed by atoms with Crippen molar-refractivity contribution in [2.45, 2.75) is 6.92 Å². The third-order valence-electron chi connectivity index (χ3n) is 2.76. The fourth-order valence-corrected chi connectivity index (χ4v) is 2.22. The van der Waals surface area contributed by atoms with Gasteiger partial charge in [-0.05, 0) is 53.8 Å². The average molecular weight is 395 g/mol. The molecule has 0 spiro atoms. The zero-order chi connectivity index (χ0) is 15.2. The number of benzene rings is 2. The van der Waals surface area contributed by atoms with Crippen LogP contribution in [0.4, 0.5) is 5.69 Å². The summed E-state index contributed by atoms with van der Waals surface area (Å²) in [5, 5.41) is 2.78. The first-order valence-electron chi connectivity index (χ1n) is 6.34. The molecule has 0 heterocycles. The molecule has 0 fully saturated rings. The zero-order valence-electron chi connectivity index (χ0n) is 11.4. The number of ketones is 1. The van der Waals surface area contributed by atoms with Crippen LogP contribution in [0.2, 0.25) is 0 Å². The summed E-state index contributed by atoms with van der Waals surface area (Å²) in [4.78, 5) is 23.1. The molecule has 2 rings (SSSR count). The summed E-state index contributed by atoms with van der Waals surface area (Å²) in [6.07, 6.45) is 0. The van der Waals surface area contributed by atoms with Crippen molar-refractivity contribution in [1.29, 1.82) is 0 Å². The molecule has 0 radical (unpaired) electrons. The lowest BCUT2D eigenvalue weighted by molar-refractivity contribution is -0.118. The second-order valence-electron chi connectivity index (χ2n) is 4.40. The number of hydrogen-bond donors (Lipinski definition) is 1. The van der Waals surface area contributed by atoms with Crippen LogP contribution in [0.1, 0.15) is 17.3 Å². The SMILES string of the molecule is CC(=O)c1cccc(OCC(=O)Nc2ccccc2I)c1. The maximum atomic E-state index is 11.9. The summed E-state index contributed by atoms with van der Waals surface area (Å²) in [7, 11) is 0. The van der Waals surface area contributed by atoms with Crippen LogP contribution in [0.25, 0.3) is 0 Å². The largest absolute Gasteiger partial charge is 0.484 e. The summed E-state index contributed by atoms with van der Waals surface area (Å²) >= 11 is 2.15. The van der Waals surface area contributed by atoms with E-state index in [4.69, 9.17) is 4.74 Å². The molecule has 5 heteroatoms. The highest BCUT2D eigenvalue weighted by atomic mass is 127. The predicted molar refractivity (Wildman–Crippen MR) is 89.7 cm³/mol. The molecular weight excluding hydrogens is 381 g/mol. The van der Waals surface area contributed by atoms with Crippen molar-refractivity contribution < 1.29 is 14.3 Å². The molecule has 0 aromatic heterocycles. The second kappa shape index (κ2) is 7.21. The molecule has 21 heavy (non-hydrogen) atoms. The van der Waals surface area contributed by atoms with Crippen molar-refractivity contribution in [2.75, 3.05) is 11.9 Å². The first-order valence-corrected chi connectivity index (χ1v) is 7.42. The van der Waals surface area contributed by atoms with Crippen molar-refractivity contribution in [3.8, 4) is 5.75 Å². The van der Waals surface area contributed by atoms with E-state index in [9.17, 15) is 9.59 Å². The van der Waals surface area contributed by atoms with E-state index in [1.807, 2.05) is 24.3 Å². The van der Waals surface area contributed by atoms with E-state index < -0.39 is 0 Å². The van der Waals surface area contributed by atoms with E-state index in [2.05, 4.69) is 27.9 Å². The molecule has 108 valence electrons. The quantitative estimate of drug-likeness (QED) is 0.623. The highest BCUT2D eigenvalue weighted by molar-refractivity contribution is 14.1. The van der Waals surface area contributed by atoms with E-state index in [1.165, 1.54) is 6.92 Å². The summed E-state index contributed by atoms with van der Waals surface area (Å²) in [5.41, 5.74) is 1.31. The predicted octanol–water partition coefficient (Wildman–Crippen LogP) is 3.51. The maximum absolute atomic E-state index is 11.9. The van der Waals surface area contributed by atoms with Gasteiger partial charge in [0.25, 0.3) is 5.91 Å². The van der Waals surface area contributed by atoms with Gasteiger partial charge in [0.05, 0.1) is 5.69 Å². The Morgan fingerprint density at radius 1 is 1.14 bits per heavy atom. The van der Waals surface area contributed by atoms with Crippen molar-refractivity contribution >= 4 is 40.0 Å². The minimum atomic E-state index is -0.243. The lowest BCUT2D eigenvalue weighted by Gasteiger charge is -2.09. The van der Waals surface area contributed by atoms with Gasteiger partial charge in [-0.15, -0.1) is 0 Å². The van der Waals surface area contributed by atoms with Crippen LogP contribution < -0.4 is 10.1 Å². The van der Waals surface area contributed by atoms with E-state index in [0.29, 0.717) is 11.3 Å². The van der Waals surface area contributed by atoms with Gasteiger partial charge in [-0.25, -0.2) is 0 Å². The molecule has 0 bridgehead atoms. The molecule has 1 amide bonds. The van der Waals surface area contributed by atoms with Crippen LogP contribution >= 0.6 is 22.6 Å². The topological polar surface area (TPSA) is 55.4 Å². The number of ether oxygens (including phenoxy) is 1. The molecule has 0 unspecified atom stereocenters. The molecule has 0 saturated carbocycles. The molecule has 0 aliphatic rings. The number of carbonyl (C=O) groups is 2. The first-order chi connectivity index (χ1) is 10.1. The second-order valence-corrected chi connectivity index (χ2v) is 5.56. The van der Waals surface area contributed by atoms with Crippen molar-refractivity contribution in [3.05, 3.63) is 57.7 Å². The highest BCUT2D eigenvalue weighted by Gasteiger charge is 2.07. The van der Waals surface area contributed by atoms with Gasteiger partial charge >= 0.3 is 0 Å². The molecule has 2 aromatic rings. The Morgan fingerprint density at radius 3 is 2.62 bits per heavy atom. The summed E-state index contributed by atoms with van der Waals surface area (Å²) in [6, 6.07) is 14.3. The van der Waals surface area contributed by atoms with Crippen molar-refractivity contribution in [2.24, 2.45) is 0 Å². The molecule has 0 atom stereocenters. The minimum absolute atomic E-state index is 0.0382. The molecule has 2 aromatic carbocycles. The number of halogens is 1. The fraction of sp³-hybridized carbons (Fsp3) is 0.125. The minimum Gasteiger partial charge on any atom is -0.484 e. The van der Waals surface area contributed by atoms with Gasteiger partial charge in [0.1, 0.15) is 5.75 Å². The van der Waals surface area contributed by atoms with Crippen LogP contribution in [0.3, 0.4) is 0 Å². The van der Waals surface area contributed by atoms with E-state index in [1.54, 1.807) is 24.3 Å². The van der Waals surface area contributed by atoms with Gasteiger partial charge in [0, 0.05) is 9.13 Å². The maximum Gasteiger partial charge on any atom is 0.262 e. The smallest absolute Gasteiger partial charge is 0.262 e. The van der Waals surface area contributed by atoms with Gasteiger partial charge < -0.3 is 10.1 Å². The Hall–Kier alpha value is -1.89. The average Bonchev–Trinajstić information content (AvgIpc) is 2.48. The van der Waals surface area contributed by atoms with Crippen LogP contribution in [-0.4, -0.2) is 18.3 Å². The summed E-state index contributed by atoms with van der Waals surface area (Å²) in [5.74, 6) is 0.219. The van der Waals surface area contributed by atoms with Gasteiger partial charge in [-0.2, -0.15) is 0 Å². The Bertz CT molecular complexity index is 670. The van der Waals surface area contributed by atoms with Gasteiger partial charge in [0.2, 0.25) is 0 Å². The van der Waals surface area contributed by atoms with Crippen LogP contribution in [-0.2, 0) is 4.79 Å². The number of carbonyl (C=O) groups excluding carboxylic acids is 2. The standard InChI is InChI=1S/C16H14INO3/c1-11(19)12-5-4-6-13(9-12)21-10-16(20)18-15-8-3-2-7-14(15)17/h2-9H,10H2,1H3,(H,18,20). The highest BCUT2D eigenvalue weighted by Crippen LogP contribution is 2.17. The van der Waals surface area contributed by atoms with Gasteiger partial charge in [-0.1, -0.05) is 24.3 Å². The number of anilines is 1.